The van der Waals surface area contributed by atoms with E-state index in [2.05, 4.69) is 30.6 Å². The normalized spacial score (nSPS) is 15.6. The van der Waals surface area contributed by atoms with Gasteiger partial charge < -0.3 is 14.6 Å². The fourth-order valence-corrected chi connectivity index (χ4v) is 3.27. The first kappa shape index (κ1) is 16.0. The number of ether oxygens (including phenoxy) is 1. The van der Waals surface area contributed by atoms with Gasteiger partial charge in [-0.2, -0.15) is 5.10 Å². The van der Waals surface area contributed by atoms with Crippen molar-refractivity contribution < 1.29 is 4.74 Å². The van der Waals surface area contributed by atoms with Gasteiger partial charge in [0.25, 0.3) is 0 Å². The summed E-state index contributed by atoms with van der Waals surface area (Å²) < 4.78 is 9.63. The van der Waals surface area contributed by atoms with Crippen LogP contribution < -0.4 is 5.32 Å². The minimum Gasteiger partial charge on any atom is -0.382 e. The van der Waals surface area contributed by atoms with Gasteiger partial charge in [0.2, 0.25) is 0 Å². The van der Waals surface area contributed by atoms with Crippen molar-refractivity contribution >= 4 is 0 Å². The van der Waals surface area contributed by atoms with Gasteiger partial charge in [-0.15, -0.1) is 0 Å². The first-order valence-electron chi connectivity index (χ1n) is 8.57. The summed E-state index contributed by atoms with van der Waals surface area (Å²) in [5.41, 5.74) is 3.04. The molecule has 1 aliphatic rings. The van der Waals surface area contributed by atoms with Gasteiger partial charge in [-0.3, -0.25) is 9.67 Å². The summed E-state index contributed by atoms with van der Waals surface area (Å²) in [4.78, 5) is 9.07. The first-order chi connectivity index (χ1) is 12.4. The number of aryl methyl sites for hydroxylation is 1. The molecule has 4 rings (SSSR count). The molecule has 0 amide bonds. The number of rotatable bonds is 5. The highest BCUT2D eigenvalue weighted by Crippen LogP contribution is 2.25. The van der Waals surface area contributed by atoms with Crippen LogP contribution in [0.5, 0.6) is 0 Å². The van der Waals surface area contributed by atoms with Crippen molar-refractivity contribution in [2.24, 2.45) is 0 Å². The van der Waals surface area contributed by atoms with Gasteiger partial charge in [-0.05, 0) is 31.2 Å². The molecule has 7 heteroatoms. The Morgan fingerprint density at radius 2 is 2.24 bits per heavy atom. The molecule has 0 fully saturated rings. The van der Waals surface area contributed by atoms with E-state index in [0.29, 0.717) is 6.61 Å². The summed E-state index contributed by atoms with van der Waals surface area (Å²) in [6.07, 6.45) is 6.67. The van der Waals surface area contributed by atoms with Gasteiger partial charge >= 0.3 is 0 Å². The van der Waals surface area contributed by atoms with E-state index >= 15 is 0 Å². The Labute approximate surface area is 146 Å². The van der Waals surface area contributed by atoms with Gasteiger partial charge in [-0.1, -0.05) is 6.07 Å². The van der Waals surface area contributed by atoms with E-state index in [4.69, 9.17) is 9.84 Å². The van der Waals surface area contributed by atoms with E-state index in [0.717, 1.165) is 43.3 Å². The summed E-state index contributed by atoms with van der Waals surface area (Å²) in [6.45, 7) is 3.33. The predicted octanol–water partition coefficient (Wildman–Crippen LogP) is 1.87. The Bertz CT molecular complexity index is 802. The Morgan fingerprint density at radius 1 is 1.28 bits per heavy atom. The maximum absolute atomic E-state index is 5.45. The van der Waals surface area contributed by atoms with Crippen molar-refractivity contribution in [3.63, 3.8) is 0 Å². The van der Waals surface area contributed by atoms with Gasteiger partial charge in [0.15, 0.2) is 5.82 Å². The lowest BCUT2D eigenvalue weighted by Crippen LogP contribution is -2.18. The highest BCUT2D eigenvalue weighted by molar-refractivity contribution is 5.51. The van der Waals surface area contributed by atoms with Crippen LogP contribution in [-0.4, -0.2) is 44.6 Å². The van der Waals surface area contributed by atoms with Crippen LogP contribution in [0.3, 0.4) is 0 Å². The Hall–Kier alpha value is -2.51. The van der Waals surface area contributed by atoms with Gasteiger partial charge in [0, 0.05) is 38.8 Å². The topological polar surface area (TPSA) is 69.8 Å². The quantitative estimate of drug-likeness (QED) is 0.769. The molecule has 3 aromatic rings. The molecular weight excluding hydrogens is 316 g/mol. The number of hydrogen-bond acceptors (Lipinski definition) is 5. The van der Waals surface area contributed by atoms with Crippen LogP contribution in [0.15, 0.2) is 42.9 Å². The van der Waals surface area contributed by atoms with Crippen LogP contribution in [0, 0.1) is 0 Å². The Kier molecular flexibility index (Phi) is 4.58. The molecule has 0 saturated carbocycles. The molecule has 0 aromatic carbocycles. The lowest BCUT2D eigenvalue weighted by molar-refractivity contribution is 0.168. The van der Waals surface area contributed by atoms with Crippen molar-refractivity contribution in [1.29, 1.82) is 0 Å². The number of pyridine rings is 1. The zero-order valence-electron chi connectivity index (χ0n) is 14.3. The second-order valence-corrected chi connectivity index (χ2v) is 6.16. The van der Waals surface area contributed by atoms with Gasteiger partial charge in [-0.25, -0.2) is 4.98 Å². The van der Waals surface area contributed by atoms with Gasteiger partial charge in [0.1, 0.15) is 11.7 Å². The molecule has 4 heterocycles. The van der Waals surface area contributed by atoms with E-state index < -0.39 is 0 Å². The zero-order chi connectivity index (χ0) is 17.1. The number of methoxy groups -OCH3 is 1. The largest absolute Gasteiger partial charge is 0.382 e. The van der Waals surface area contributed by atoms with Crippen molar-refractivity contribution in [2.45, 2.75) is 25.6 Å². The average Bonchev–Trinajstić information content (AvgIpc) is 3.22. The molecule has 0 spiro atoms. The Morgan fingerprint density at radius 3 is 3.08 bits per heavy atom. The van der Waals surface area contributed by atoms with Crippen molar-refractivity contribution in [2.75, 3.05) is 20.3 Å². The summed E-state index contributed by atoms with van der Waals surface area (Å²) in [5, 5.41) is 8.21. The lowest BCUT2D eigenvalue weighted by atomic mass is 10.2. The molecule has 25 heavy (non-hydrogen) atoms. The van der Waals surface area contributed by atoms with E-state index in [1.54, 1.807) is 13.3 Å². The number of fused-ring (bicyclic) bond motifs is 1. The highest BCUT2D eigenvalue weighted by Gasteiger charge is 2.21. The summed E-state index contributed by atoms with van der Waals surface area (Å²) in [7, 11) is 1.71. The number of nitrogens with zero attached hydrogens (tertiary/aromatic N) is 5. The average molecular weight is 338 g/mol. The van der Waals surface area contributed by atoms with E-state index in [-0.39, 0.29) is 6.04 Å². The standard InChI is InChI=1S/C18H22N6O/c1-25-13-17(15-5-2-3-7-20-15)23-10-8-21-18(23)16-11-14-12-19-6-4-9-24(14)22-16/h2-3,5,7-8,10-11,17,19H,4,6,9,12-13H2,1H3/t17-/m1/s1. The minimum absolute atomic E-state index is 0.0386. The third kappa shape index (κ3) is 3.20. The van der Waals surface area contributed by atoms with E-state index in [1.807, 2.05) is 30.6 Å². The lowest BCUT2D eigenvalue weighted by Gasteiger charge is -2.19. The molecular formula is C18H22N6O. The number of hydrogen-bond donors (Lipinski definition) is 1. The third-order valence-electron chi connectivity index (χ3n) is 4.48. The monoisotopic (exact) mass is 338 g/mol. The van der Waals surface area contributed by atoms with E-state index in [9.17, 15) is 0 Å². The van der Waals surface area contributed by atoms with Crippen LogP contribution in [0.2, 0.25) is 0 Å². The van der Waals surface area contributed by atoms with Crippen LogP contribution in [0.4, 0.5) is 0 Å². The van der Waals surface area contributed by atoms with Crippen LogP contribution in [0.25, 0.3) is 11.5 Å². The zero-order valence-corrected chi connectivity index (χ0v) is 14.3. The number of imidazole rings is 1. The number of nitrogens with one attached hydrogen (secondary N) is 1. The summed E-state index contributed by atoms with van der Waals surface area (Å²) in [6, 6.07) is 8.01. The van der Waals surface area contributed by atoms with Gasteiger partial charge in [0.05, 0.1) is 18.0 Å². The predicted molar refractivity (Wildman–Crippen MR) is 94.0 cm³/mol. The fraction of sp³-hybridized carbons (Fsp3) is 0.389. The molecule has 0 aliphatic carbocycles. The molecule has 1 N–H and O–H groups in total. The molecule has 0 radical (unpaired) electrons. The smallest absolute Gasteiger partial charge is 0.161 e. The molecule has 130 valence electrons. The summed E-state index contributed by atoms with van der Waals surface area (Å²) in [5.74, 6) is 0.841. The molecule has 3 aromatic heterocycles. The SMILES string of the molecule is COC[C@H](c1ccccn1)n1ccnc1-c1cc2n(n1)CCCNC2. The maximum Gasteiger partial charge on any atom is 0.161 e. The van der Waals surface area contributed by atoms with E-state index in [1.165, 1.54) is 5.69 Å². The number of aromatic nitrogens is 5. The highest BCUT2D eigenvalue weighted by atomic mass is 16.5. The van der Waals surface area contributed by atoms with Crippen molar-refractivity contribution in [3.05, 3.63) is 54.2 Å². The second kappa shape index (κ2) is 7.16. The minimum atomic E-state index is -0.0386. The molecule has 0 saturated heterocycles. The molecule has 1 atom stereocenters. The summed E-state index contributed by atoms with van der Waals surface area (Å²) >= 11 is 0. The molecule has 0 bridgehead atoms. The van der Waals surface area contributed by atoms with Crippen molar-refractivity contribution in [1.82, 2.24) is 29.6 Å². The van der Waals surface area contributed by atoms with Crippen LogP contribution in [0.1, 0.15) is 23.9 Å². The van der Waals surface area contributed by atoms with Crippen LogP contribution >= 0.6 is 0 Å². The Balaban J connectivity index is 1.72. The maximum atomic E-state index is 5.45. The first-order valence-corrected chi connectivity index (χ1v) is 8.57. The molecule has 7 nitrogen and oxygen atoms in total. The van der Waals surface area contributed by atoms with Crippen molar-refractivity contribution in [3.8, 4) is 11.5 Å². The second-order valence-electron chi connectivity index (χ2n) is 6.16. The third-order valence-corrected chi connectivity index (χ3v) is 4.48. The molecule has 0 unspecified atom stereocenters. The molecule has 1 aliphatic heterocycles. The van der Waals surface area contributed by atoms with Crippen LogP contribution in [-0.2, 0) is 17.8 Å². The fourth-order valence-electron chi connectivity index (χ4n) is 3.27.